The van der Waals surface area contributed by atoms with E-state index >= 15 is 0 Å². The Morgan fingerprint density at radius 1 is 1.08 bits per heavy atom. The van der Waals surface area contributed by atoms with Gasteiger partial charge in [-0.1, -0.05) is 6.07 Å². The molecule has 2 amide bonds. The summed E-state index contributed by atoms with van der Waals surface area (Å²) in [7, 11) is 0. The van der Waals surface area contributed by atoms with E-state index in [-0.39, 0.29) is 0 Å². The van der Waals surface area contributed by atoms with Crippen molar-refractivity contribution in [2.24, 2.45) is 0 Å². The molecule has 7 nitrogen and oxygen atoms in total. The fourth-order valence-corrected chi connectivity index (χ4v) is 2.07. The molecule has 0 atom stereocenters. The zero-order valence-corrected chi connectivity index (χ0v) is 13.1. The number of carbonyl (C=O) groups is 1. The molecule has 0 saturated heterocycles. The van der Waals surface area contributed by atoms with E-state index in [0.29, 0.717) is 17.3 Å². The smallest absolute Gasteiger partial charge is 0.308 e. The third-order valence-corrected chi connectivity index (χ3v) is 3.45. The number of urea groups is 1. The molecule has 2 aromatic heterocycles. The third-order valence-electron chi connectivity index (χ3n) is 3.45. The van der Waals surface area contributed by atoms with E-state index in [1.54, 1.807) is 17.0 Å². The summed E-state index contributed by atoms with van der Waals surface area (Å²) < 4.78 is 14.8. The van der Waals surface area contributed by atoms with Crippen LogP contribution in [-0.2, 0) is 0 Å². The number of hydrogen-bond donors (Lipinski definition) is 2. The molecule has 0 aliphatic rings. The van der Waals surface area contributed by atoms with Crippen molar-refractivity contribution in [3.63, 3.8) is 0 Å². The first-order chi connectivity index (χ1) is 11.5. The van der Waals surface area contributed by atoms with Crippen LogP contribution in [0, 0.1) is 19.7 Å². The van der Waals surface area contributed by atoms with E-state index in [2.05, 4.69) is 25.6 Å². The maximum Gasteiger partial charge on any atom is 0.323 e. The van der Waals surface area contributed by atoms with Crippen molar-refractivity contribution >= 4 is 17.4 Å². The molecule has 0 radical (unpaired) electrons. The number of imidazole rings is 1. The highest BCUT2D eigenvalue weighted by molar-refractivity contribution is 5.99. The molecule has 2 N–H and O–H groups in total. The van der Waals surface area contributed by atoms with Gasteiger partial charge in [0.15, 0.2) is 0 Å². The quantitative estimate of drug-likeness (QED) is 0.774. The second-order valence-corrected chi connectivity index (χ2v) is 5.15. The van der Waals surface area contributed by atoms with Gasteiger partial charge < -0.3 is 10.6 Å². The van der Waals surface area contributed by atoms with Crippen LogP contribution in [0.2, 0.25) is 0 Å². The van der Waals surface area contributed by atoms with E-state index in [1.807, 2.05) is 13.8 Å². The van der Waals surface area contributed by atoms with Gasteiger partial charge in [0, 0.05) is 11.4 Å². The van der Waals surface area contributed by atoms with Crippen molar-refractivity contribution in [3.05, 3.63) is 60.2 Å². The predicted octanol–water partition coefficient (Wildman–Crippen LogP) is 3.06. The van der Waals surface area contributed by atoms with Crippen molar-refractivity contribution in [3.8, 4) is 5.95 Å². The predicted molar refractivity (Wildman–Crippen MR) is 87.7 cm³/mol. The normalized spacial score (nSPS) is 10.5. The maximum absolute atomic E-state index is 13.1. The summed E-state index contributed by atoms with van der Waals surface area (Å²) in [6.07, 6.45) is 4.62. The second-order valence-electron chi connectivity index (χ2n) is 5.15. The van der Waals surface area contributed by atoms with Crippen molar-refractivity contribution in [2.75, 3.05) is 10.6 Å². The summed E-state index contributed by atoms with van der Waals surface area (Å²) in [5, 5.41) is 5.12. The molecular formula is C16H15FN6O. The van der Waals surface area contributed by atoms with Gasteiger partial charge in [0.05, 0.1) is 23.8 Å². The molecular weight excluding hydrogens is 311 g/mol. The van der Waals surface area contributed by atoms with E-state index in [9.17, 15) is 9.18 Å². The van der Waals surface area contributed by atoms with Crippen LogP contribution >= 0.6 is 0 Å². The minimum atomic E-state index is -0.508. The first-order valence-electron chi connectivity index (χ1n) is 7.19. The molecule has 1 aromatic carbocycles. The highest BCUT2D eigenvalue weighted by Gasteiger charge is 2.08. The lowest BCUT2D eigenvalue weighted by molar-refractivity contribution is 0.262. The summed E-state index contributed by atoms with van der Waals surface area (Å²) >= 11 is 0. The second kappa shape index (κ2) is 6.45. The Hall–Kier alpha value is -3.29. The Bertz CT molecular complexity index is 875. The molecule has 3 aromatic rings. The number of nitrogens with zero attached hydrogens (tertiary/aromatic N) is 4. The lowest BCUT2D eigenvalue weighted by Crippen LogP contribution is -2.19. The van der Waals surface area contributed by atoms with Crippen LogP contribution in [0.4, 0.5) is 20.6 Å². The standard InChI is InChI=1S/C16H15FN6O/c1-10-11(2)23(9-20-10)15-18-7-14(8-19-15)22-16(24)21-13-5-3-4-12(17)6-13/h3-9H,1-2H3,(H2,21,22,24). The minimum absolute atomic E-state index is 0.356. The highest BCUT2D eigenvalue weighted by atomic mass is 19.1. The number of carbonyl (C=O) groups excluding carboxylic acids is 1. The Labute approximate surface area is 137 Å². The van der Waals surface area contributed by atoms with Crippen LogP contribution in [0.1, 0.15) is 11.4 Å². The molecule has 0 spiro atoms. The number of amides is 2. The number of aromatic nitrogens is 4. The first kappa shape index (κ1) is 15.6. The summed E-state index contributed by atoms with van der Waals surface area (Å²) in [5.41, 5.74) is 2.62. The molecule has 0 aliphatic carbocycles. The van der Waals surface area contributed by atoms with E-state index in [1.165, 1.54) is 30.6 Å². The molecule has 8 heteroatoms. The number of rotatable bonds is 3. The summed E-state index contributed by atoms with van der Waals surface area (Å²) in [6, 6.07) is 5.12. The monoisotopic (exact) mass is 326 g/mol. The molecule has 0 bridgehead atoms. The minimum Gasteiger partial charge on any atom is -0.308 e. The highest BCUT2D eigenvalue weighted by Crippen LogP contribution is 2.12. The average Bonchev–Trinajstić information content (AvgIpc) is 2.88. The van der Waals surface area contributed by atoms with Crippen LogP contribution in [0.3, 0.4) is 0 Å². The number of halogens is 1. The molecule has 0 saturated carbocycles. The fourth-order valence-electron chi connectivity index (χ4n) is 2.07. The van der Waals surface area contributed by atoms with Gasteiger partial charge in [-0.25, -0.2) is 24.1 Å². The Morgan fingerprint density at radius 3 is 2.42 bits per heavy atom. The van der Waals surface area contributed by atoms with Crippen molar-refractivity contribution in [1.82, 2.24) is 19.5 Å². The van der Waals surface area contributed by atoms with Gasteiger partial charge in [-0.05, 0) is 32.0 Å². The third kappa shape index (κ3) is 3.37. The Morgan fingerprint density at radius 2 is 1.79 bits per heavy atom. The largest absolute Gasteiger partial charge is 0.323 e. The Kier molecular flexibility index (Phi) is 4.19. The number of aryl methyl sites for hydroxylation is 1. The zero-order chi connectivity index (χ0) is 17.1. The number of nitrogens with one attached hydrogen (secondary N) is 2. The molecule has 3 rings (SSSR count). The van der Waals surface area contributed by atoms with Crippen LogP contribution < -0.4 is 10.6 Å². The van der Waals surface area contributed by atoms with Gasteiger partial charge >= 0.3 is 6.03 Å². The van der Waals surface area contributed by atoms with Gasteiger partial charge in [0.1, 0.15) is 12.1 Å². The fraction of sp³-hybridized carbons (Fsp3) is 0.125. The van der Waals surface area contributed by atoms with Crippen LogP contribution in [-0.4, -0.2) is 25.6 Å². The van der Waals surface area contributed by atoms with Gasteiger partial charge in [-0.3, -0.25) is 4.57 Å². The van der Waals surface area contributed by atoms with Crippen LogP contribution in [0.5, 0.6) is 0 Å². The average molecular weight is 326 g/mol. The lowest BCUT2D eigenvalue weighted by atomic mass is 10.3. The van der Waals surface area contributed by atoms with Crippen LogP contribution in [0.25, 0.3) is 5.95 Å². The number of benzene rings is 1. The SMILES string of the molecule is Cc1ncn(-c2ncc(NC(=O)Nc3cccc(F)c3)cn2)c1C. The zero-order valence-electron chi connectivity index (χ0n) is 13.1. The molecule has 0 unspecified atom stereocenters. The maximum atomic E-state index is 13.1. The van der Waals surface area contributed by atoms with Gasteiger partial charge in [-0.15, -0.1) is 0 Å². The number of hydrogen-bond acceptors (Lipinski definition) is 4. The summed E-state index contributed by atoms with van der Waals surface area (Å²) in [4.78, 5) is 24.5. The van der Waals surface area contributed by atoms with Gasteiger partial charge in [0.25, 0.3) is 0 Å². The molecule has 0 aliphatic heterocycles. The summed E-state index contributed by atoms with van der Waals surface area (Å²) in [6.45, 7) is 3.82. The van der Waals surface area contributed by atoms with Gasteiger partial charge in [-0.2, -0.15) is 0 Å². The van der Waals surface area contributed by atoms with E-state index in [0.717, 1.165) is 11.4 Å². The van der Waals surface area contributed by atoms with Crippen molar-refractivity contribution in [2.45, 2.75) is 13.8 Å². The molecule has 0 fully saturated rings. The first-order valence-corrected chi connectivity index (χ1v) is 7.19. The number of anilines is 2. The van der Waals surface area contributed by atoms with Crippen molar-refractivity contribution in [1.29, 1.82) is 0 Å². The Balaban J connectivity index is 1.68. The van der Waals surface area contributed by atoms with Crippen molar-refractivity contribution < 1.29 is 9.18 Å². The molecule has 24 heavy (non-hydrogen) atoms. The topological polar surface area (TPSA) is 84.7 Å². The van der Waals surface area contributed by atoms with E-state index < -0.39 is 11.8 Å². The van der Waals surface area contributed by atoms with Gasteiger partial charge in [0.2, 0.25) is 5.95 Å². The lowest BCUT2D eigenvalue weighted by Gasteiger charge is -2.08. The van der Waals surface area contributed by atoms with Crippen LogP contribution in [0.15, 0.2) is 43.0 Å². The molecule has 122 valence electrons. The van der Waals surface area contributed by atoms with E-state index in [4.69, 9.17) is 0 Å². The summed E-state index contributed by atoms with van der Waals surface area (Å²) in [5.74, 6) is 0.0377. The molecule has 2 heterocycles.